The summed E-state index contributed by atoms with van der Waals surface area (Å²) in [5.74, 6) is 11.2. The maximum atomic E-state index is 2.48. The van der Waals surface area contributed by atoms with Gasteiger partial charge in [0.15, 0.2) is 0 Å². The smallest absolute Gasteiger partial charge is 0.0355 e. The fourth-order valence-electron chi connectivity index (χ4n) is 10.0. The zero-order chi connectivity index (χ0) is 32.5. The van der Waals surface area contributed by atoms with Crippen LogP contribution in [0.25, 0.3) is 0 Å². The Bertz CT molecular complexity index is 504. The van der Waals surface area contributed by atoms with E-state index in [1.54, 1.807) is 89.9 Å². The van der Waals surface area contributed by atoms with Crippen molar-refractivity contribution in [1.29, 1.82) is 0 Å². The molecule has 3 nitrogen and oxygen atoms in total. The van der Waals surface area contributed by atoms with Gasteiger partial charge in [0.25, 0.3) is 0 Å². The molecule has 10 atom stereocenters. The first kappa shape index (κ1) is 54.3. The first-order valence-corrected chi connectivity index (χ1v) is 20.7. The van der Waals surface area contributed by atoms with Crippen LogP contribution in [0.1, 0.15) is 213 Å². The third-order valence-electron chi connectivity index (χ3n) is 11.5. The van der Waals surface area contributed by atoms with E-state index >= 15 is 0 Å². The Morgan fingerprint density at radius 3 is 0.822 bits per heavy atom. The van der Waals surface area contributed by atoms with Crippen LogP contribution >= 0.6 is 0 Å². The zero-order valence-corrected chi connectivity index (χ0v) is 34.0. The molecule has 45 heavy (non-hydrogen) atoms. The van der Waals surface area contributed by atoms with Gasteiger partial charge in [-0.15, -0.1) is 0 Å². The molecule has 0 heterocycles. The van der Waals surface area contributed by atoms with Crippen molar-refractivity contribution in [2.45, 2.75) is 213 Å². The second-order valence-electron chi connectivity index (χ2n) is 13.3. The lowest BCUT2D eigenvalue weighted by Gasteiger charge is -2.49. The summed E-state index contributed by atoms with van der Waals surface area (Å²) in [6.45, 7) is 29.0. The summed E-state index contributed by atoms with van der Waals surface area (Å²) in [6, 6.07) is 0. The SMILES string of the molecule is CC.CC.CC.CC.CC.CC.CC1CCC2C(CCC3CCCCC32)C1.CC1CCC2C(CCC3CCCCC32)C1.O.O.O. The molecule has 6 fully saturated rings. The predicted octanol–water partition coefficient (Wildman–Crippen LogP) is 13.0. The Morgan fingerprint density at radius 2 is 0.511 bits per heavy atom. The molecule has 6 aliphatic carbocycles. The Hall–Kier alpha value is -0.120. The monoisotopic (exact) mass is 647 g/mol. The highest BCUT2D eigenvalue weighted by molar-refractivity contribution is 4.93. The molecule has 0 saturated heterocycles. The van der Waals surface area contributed by atoms with Crippen LogP contribution in [0.4, 0.5) is 0 Å². The maximum absolute atomic E-state index is 2.48. The van der Waals surface area contributed by atoms with Crippen LogP contribution in [0, 0.1) is 59.2 Å². The fourth-order valence-corrected chi connectivity index (χ4v) is 10.0. The quantitative estimate of drug-likeness (QED) is 0.250. The summed E-state index contributed by atoms with van der Waals surface area (Å²) in [6.07, 6.45) is 28.1. The molecule has 3 heteroatoms. The van der Waals surface area contributed by atoms with Gasteiger partial charge in [-0.3, -0.25) is 0 Å². The van der Waals surface area contributed by atoms with Crippen molar-refractivity contribution in [2.24, 2.45) is 59.2 Å². The summed E-state index contributed by atoms with van der Waals surface area (Å²) < 4.78 is 0. The Balaban J connectivity index is -0.000000170. The first-order valence-electron chi connectivity index (χ1n) is 20.7. The molecule has 6 N–H and O–H groups in total. The highest BCUT2D eigenvalue weighted by Gasteiger charge is 2.43. The average molecular weight is 647 g/mol. The fraction of sp³-hybridized carbons (Fsp3) is 1.00. The second-order valence-corrected chi connectivity index (χ2v) is 13.3. The van der Waals surface area contributed by atoms with Gasteiger partial charge >= 0.3 is 0 Å². The number of rotatable bonds is 0. The minimum Gasteiger partial charge on any atom is -0.412 e. The van der Waals surface area contributed by atoms with Gasteiger partial charge in [0.1, 0.15) is 0 Å². The van der Waals surface area contributed by atoms with Crippen molar-refractivity contribution in [2.75, 3.05) is 0 Å². The second kappa shape index (κ2) is 35.2. The third kappa shape index (κ3) is 17.7. The average Bonchev–Trinajstić information content (AvgIpc) is 3.10. The molecule has 280 valence electrons. The zero-order valence-electron chi connectivity index (χ0n) is 34.0. The molecule has 0 aromatic carbocycles. The van der Waals surface area contributed by atoms with E-state index < -0.39 is 0 Å². The van der Waals surface area contributed by atoms with Crippen molar-refractivity contribution in [1.82, 2.24) is 0 Å². The predicted molar refractivity (Wildman–Crippen MR) is 208 cm³/mol. The van der Waals surface area contributed by atoms with Crippen molar-refractivity contribution in [3.63, 3.8) is 0 Å². The van der Waals surface area contributed by atoms with E-state index in [-0.39, 0.29) is 16.4 Å². The molecule has 0 radical (unpaired) electrons. The van der Waals surface area contributed by atoms with Crippen LogP contribution in [0.3, 0.4) is 0 Å². The lowest BCUT2D eigenvalue weighted by atomic mass is 9.57. The normalized spacial score (nSPS) is 34.5. The van der Waals surface area contributed by atoms with E-state index in [2.05, 4.69) is 13.8 Å². The summed E-state index contributed by atoms with van der Waals surface area (Å²) in [5.41, 5.74) is 0. The van der Waals surface area contributed by atoms with E-state index in [1.807, 2.05) is 83.1 Å². The van der Waals surface area contributed by atoms with Crippen molar-refractivity contribution in [3.8, 4) is 0 Å². The van der Waals surface area contributed by atoms with Crippen molar-refractivity contribution < 1.29 is 16.4 Å². The molecule has 0 aromatic heterocycles. The molecule has 10 unspecified atom stereocenters. The van der Waals surface area contributed by atoms with Crippen LogP contribution in [-0.4, -0.2) is 16.4 Å². The van der Waals surface area contributed by atoms with E-state index in [9.17, 15) is 0 Å². The van der Waals surface area contributed by atoms with E-state index in [0.29, 0.717) is 0 Å². The number of hydrogen-bond acceptors (Lipinski definition) is 0. The maximum Gasteiger partial charge on any atom is -0.0355 e. The number of fused-ring (bicyclic) bond motifs is 6. The Labute approximate surface area is 287 Å². The molecule has 0 aliphatic heterocycles. The Morgan fingerprint density at radius 1 is 0.267 bits per heavy atom. The molecule has 6 saturated carbocycles. The summed E-state index contributed by atoms with van der Waals surface area (Å²) in [4.78, 5) is 0. The van der Waals surface area contributed by atoms with Crippen molar-refractivity contribution >= 4 is 0 Å². The van der Waals surface area contributed by atoms with Crippen LogP contribution in [0.2, 0.25) is 0 Å². The van der Waals surface area contributed by atoms with Gasteiger partial charge in [0.05, 0.1) is 0 Å². The van der Waals surface area contributed by atoms with Crippen LogP contribution < -0.4 is 0 Å². The van der Waals surface area contributed by atoms with E-state index in [0.717, 1.165) is 59.2 Å². The van der Waals surface area contributed by atoms with Gasteiger partial charge in [0.2, 0.25) is 0 Å². The van der Waals surface area contributed by atoms with Gasteiger partial charge in [-0.2, -0.15) is 0 Å². The number of hydrogen-bond donors (Lipinski definition) is 0. The highest BCUT2D eigenvalue weighted by atomic mass is 16.0. The minimum absolute atomic E-state index is 0. The van der Waals surface area contributed by atoms with Crippen LogP contribution in [-0.2, 0) is 0 Å². The molecule has 6 rings (SSSR count). The molecular formula is C42H94O3. The van der Waals surface area contributed by atoms with Gasteiger partial charge in [-0.05, 0) is 123 Å². The summed E-state index contributed by atoms with van der Waals surface area (Å²) in [5, 5.41) is 0. The van der Waals surface area contributed by atoms with Gasteiger partial charge in [-0.25, -0.2) is 0 Å². The van der Waals surface area contributed by atoms with Gasteiger partial charge < -0.3 is 16.4 Å². The first-order chi connectivity index (χ1) is 20.7. The molecule has 6 aliphatic rings. The van der Waals surface area contributed by atoms with Gasteiger partial charge in [-0.1, -0.05) is 148 Å². The molecule has 0 bridgehead atoms. The topological polar surface area (TPSA) is 94.5 Å². The largest absolute Gasteiger partial charge is 0.412 e. The molecular weight excluding hydrogens is 552 g/mol. The lowest BCUT2D eigenvalue weighted by Crippen LogP contribution is -2.39. The van der Waals surface area contributed by atoms with Crippen molar-refractivity contribution in [3.05, 3.63) is 0 Å². The van der Waals surface area contributed by atoms with E-state index in [4.69, 9.17) is 0 Å². The molecule has 0 aromatic rings. The highest BCUT2D eigenvalue weighted by Crippen LogP contribution is 2.53. The lowest BCUT2D eigenvalue weighted by molar-refractivity contribution is 0.0144. The summed E-state index contributed by atoms with van der Waals surface area (Å²) >= 11 is 0. The Kier molecular flexibility index (Phi) is 42.5. The third-order valence-corrected chi connectivity index (χ3v) is 11.5. The minimum atomic E-state index is 0. The molecule has 0 spiro atoms. The van der Waals surface area contributed by atoms with E-state index in [1.165, 1.54) is 25.7 Å². The molecule has 0 amide bonds. The van der Waals surface area contributed by atoms with Crippen LogP contribution in [0.15, 0.2) is 0 Å². The van der Waals surface area contributed by atoms with Gasteiger partial charge in [0, 0.05) is 0 Å². The summed E-state index contributed by atoms with van der Waals surface area (Å²) in [7, 11) is 0. The van der Waals surface area contributed by atoms with Crippen LogP contribution in [0.5, 0.6) is 0 Å². The standard InChI is InChI=1S/2C15H26.6C2H6.3H2O/c2*1-11-6-9-15-13(10-11)8-7-12-4-2-3-5-14(12)15;6*1-2;;;/h2*11-15H,2-10H2,1H3;6*1-2H3;3*1H2.